The molecule has 1 N–H and O–H groups in total. The lowest BCUT2D eigenvalue weighted by Crippen LogP contribution is -2.34. The van der Waals surface area contributed by atoms with Gasteiger partial charge in [0.1, 0.15) is 24.1 Å². The van der Waals surface area contributed by atoms with Crippen molar-refractivity contribution >= 4 is 23.5 Å². The summed E-state index contributed by atoms with van der Waals surface area (Å²) in [7, 11) is 0. The number of hydrogen-bond donors (Lipinski definition) is 1. The lowest BCUT2D eigenvalue weighted by atomic mass is 10.1. The van der Waals surface area contributed by atoms with Crippen molar-refractivity contribution in [3.8, 4) is 23.0 Å². The lowest BCUT2D eigenvalue weighted by Gasteiger charge is -2.26. The number of nitrogens with zero attached hydrogens (tertiary/aromatic N) is 4. The van der Waals surface area contributed by atoms with Crippen LogP contribution in [0.5, 0.6) is 23.0 Å². The van der Waals surface area contributed by atoms with Crippen LogP contribution in [0.2, 0.25) is 0 Å². The molecule has 1 aromatic heterocycles. The van der Waals surface area contributed by atoms with Crippen molar-refractivity contribution in [2.24, 2.45) is 0 Å². The van der Waals surface area contributed by atoms with Gasteiger partial charge in [-0.3, -0.25) is 4.90 Å². The van der Waals surface area contributed by atoms with Gasteiger partial charge in [0.05, 0.1) is 13.2 Å². The van der Waals surface area contributed by atoms with Gasteiger partial charge in [-0.05, 0) is 100 Å². The van der Waals surface area contributed by atoms with Crippen LogP contribution in [0.4, 0.5) is 26.6 Å². The first-order valence-electron chi connectivity index (χ1n) is 16.3. The van der Waals surface area contributed by atoms with Crippen molar-refractivity contribution in [1.82, 2.24) is 14.9 Å². The molecule has 0 atom stereocenters. The van der Waals surface area contributed by atoms with E-state index in [0.29, 0.717) is 29.5 Å². The average Bonchev–Trinajstić information content (AvgIpc) is 3.08. The number of likely N-dealkylation sites (tertiary alicyclic amines) is 1. The molecule has 0 saturated carbocycles. The summed E-state index contributed by atoms with van der Waals surface area (Å²) in [6, 6.07) is 15.6. The Hall–Kier alpha value is -5.16. The second-order valence-corrected chi connectivity index (χ2v) is 12.1. The molecule has 4 aromatic rings. The van der Waals surface area contributed by atoms with Gasteiger partial charge >= 0.3 is 6.09 Å². The molecule has 10 nitrogen and oxygen atoms in total. The monoisotopic (exact) mass is 653 g/mol. The van der Waals surface area contributed by atoms with Crippen LogP contribution in [-0.2, 0) is 6.54 Å². The van der Waals surface area contributed by atoms with Crippen molar-refractivity contribution in [2.45, 2.75) is 53.0 Å². The Balaban J connectivity index is 1.18. The Labute approximate surface area is 280 Å². The fraction of sp³-hybridized carbons (Fsp3) is 0.324. The molecule has 2 aliphatic rings. The van der Waals surface area contributed by atoms with E-state index in [1.165, 1.54) is 48.9 Å². The number of amides is 1. The third-order valence-corrected chi connectivity index (χ3v) is 8.24. The summed E-state index contributed by atoms with van der Waals surface area (Å²) in [4.78, 5) is 26.6. The zero-order chi connectivity index (χ0) is 33.5. The van der Waals surface area contributed by atoms with Gasteiger partial charge in [0.2, 0.25) is 5.95 Å². The first-order chi connectivity index (χ1) is 23.3. The normalized spacial score (nSPS) is 14.0. The maximum absolute atomic E-state index is 15.0. The van der Waals surface area contributed by atoms with Crippen LogP contribution in [0, 0.1) is 26.6 Å². The van der Waals surface area contributed by atoms with E-state index in [1.807, 2.05) is 39.0 Å². The van der Waals surface area contributed by atoms with E-state index in [0.717, 1.165) is 48.3 Å². The minimum Gasteiger partial charge on any atom is -0.490 e. The number of halogens is 1. The molecule has 0 spiro atoms. The molecule has 1 saturated heterocycles. The molecule has 1 fully saturated rings. The van der Waals surface area contributed by atoms with E-state index >= 15 is 0 Å². The second-order valence-electron chi connectivity index (χ2n) is 12.1. The zero-order valence-electron chi connectivity index (χ0n) is 27.5. The fourth-order valence-electron chi connectivity index (χ4n) is 5.97. The van der Waals surface area contributed by atoms with Gasteiger partial charge in [-0.1, -0.05) is 30.2 Å². The predicted octanol–water partition coefficient (Wildman–Crippen LogP) is 7.99. The quantitative estimate of drug-likeness (QED) is 0.162. The molecular formula is C37H40FN5O5. The number of carbonyl (C=O) groups is 1. The number of benzene rings is 3. The van der Waals surface area contributed by atoms with Gasteiger partial charge in [-0.15, -0.1) is 0 Å². The number of aryl methyl sites for hydroxylation is 3. The molecule has 0 bridgehead atoms. The van der Waals surface area contributed by atoms with Gasteiger partial charge < -0.3 is 29.2 Å². The van der Waals surface area contributed by atoms with Crippen molar-refractivity contribution < 1.29 is 28.1 Å². The van der Waals surface area contributed by atoms with Crippen molar-refractivity contribution in [1.29, 1.82) is 0 Å². The molecule has 250 valence electrons. The Morgan fingerprint density at radius 2 is 1.73 bits per heavy atom. The van der Waals surface area contributed by atoms with Gasteiger partial charge in [0.15, 0.2) is 23.1 Å². The maximum Gasteiger partial charge on any atom is 0.421 e. The fourth-order valence-corrected chi connectivity index (χ4v) is 5.97. The summed E-state index contributed by atoms with van der Waals surface area (Å²) >= 11 is 0. The second kappa shape index (κ2) is 15.2. The van der Waals surface area contributed by atoms with Crippen LogP contribution in [0.3, 0.4) is 0 Å². The maximum atomic E-state index is 15.0. The zero-order valence-corrected chi connectivity index (χ0v) is 27.5. The summed E-state index contributed by atoms with van der Waals surface area (Å²) < 4.78 is 37.8. The van der Waals surface area contributed by atoms with E-state index in [2.05, 4.69) is 20.2 Å². The molecule has 6 rings (SSSR count). The van der Waals surface area contributed by atoms with Crippen LogP contribution in [0.1, 0.15) is 47.9 Å². The van der Waals surface area contributed by atoms with Crippen molar-refractivity contribution in [3.63, 3.8) is 0 Å². The number of ether oxygens (including phenoxy) is 4. The first kappa shape index (κ1) is 32.8. The lowest BCUT2D eigenvalue weighted by molar-refractivity contribution is 0.203. The molecule has 0 aliphatic carbocycles. The van der Waals surface area contributed by atoms with Crippen LogP contribution < -0.4 is 29.2 Å². The van der Waals surface area contributed by atoms with Crippen LogP contribution in [0.25, 0.3) is 0 Å². The highest BCUT2D eigenvalue weighted by Gasteiger charge is 2.24. The van der Waals surface area contributed by atoms with Crippen molar-refractivity contribution in [3.05, 3.63) is 101 Å². The number of hydrogen-bond acceptors (Lipinski definition) is 9. The highest BCUT2D eigenvalue weighted by atomic mass is 19.1. The number of fused-ring (bicyclic) bond motifs is 1. The van der Waals surface area contributed by atoms with E-state index in [9.17, 15) is 9.18 Å². The molecule has 3 heterocycles. The molecule has 0 unspecified atom stereocenters. The summed E-state index contributed by atoms with van der Waals surface area (Å²) in [5.74, 6) is 1.74. The highest BCUT2D eigenvalue weighted by Crippen LogP contribution is 2.33. The SMILES string of the molecule is Cc1cc(C)c(OC(=O)N(Cc2ccc3c(c2)OC=CO3)c2ccnc(Nc3ccc(OCCCN4CCCCC4)c(F)c3)n2)c(C)c1. The Bertz CT molecular complexity index is 1770. The Morgan fingerprint density at radius 1 is 0.958 bits per heavy atom. The third-order valence-electron chi connectivity index (χ3n) is 8.24. The van der Waals surface area contributed by atoms with E-state index in [-0.39, 0.29) is 24.1 Å². The highest BCUT2D eigenvalue weighted by molar-refractivity contribution is 5.88. The number of rotatable bonds is 11. The third kappa shape index (κ3) is 8.21. The largest absolute Gasteiger partial charge is 0.490 e. The van der Waals surface area contributed by atoms with Gasteiger partial charge in [-0.25, -0.2) is 14.2 Å². The number of nitrogens with one attached hydrogen (secondary N) is 1. The number of anilines is 3. The first-order valence-corrected chi connectivity index (χ1v) is 16.3. The van der Waals surface area contributed by atoms with Gasteiger partial charge in [-0.2, -0.15) is 4.98 Å². The Kier molecular flexibility index (Phi) is 10.4. The molecule has 11 heteroatoms. The molecule has 3 aromatic carbocycles. The predicted molar refractivity (Wildman–Crippen MR) is 182 cm³/mol. The standard InChI is InChI=1S/C37H40FN5O5/c1-25-20-26(2)35(27(3)21-25)48-37(44)43(24-28-8-10-32-33(22-28)47-19-18-46-32)34-12-13-39-36(41-34)40-29-9-11-31(30(38)23-29)45-17-7-16-42-14-5-4-6-15-42/h8-13,18-23H,4-7,14-17,24H2,1-3H3,(H,39,40,41). The average molecular weight is 654 g/mol. The topological polar surface area (TPSA) is 98.3 Å². The number of aromatic nitrogens is 2. The van der Waals surface area contributed by atoms with Crippen molar-refractivity contribution in [2.75, 3.05) is 36.5 Å². The molecule has 0 radical (unpaired) electrons. The van der Waals surface area contributed by atoms with Crippen LogP contribution >= 0.6 is 0 Å². The van der Waals surface area contributed by atoms with Gasteiger partial charge in [0, 0.05) is 24.5 Å². The smallest absolute Gasteiger partial charge is 0.421 e. The Morgan fingerprint density at radius 3 is 2.50 bits per heavy atom. The van der Waals surface area contributed by atoms with E-state index in [4.69, 9.17) is 18.9 Å². The van der Waals surface area contributed by atoms with Crippen LogP contribution in [-0.4, -0.2) is 47.2 Å². The molecule has 48 heavy (non-hydrogen) atoms. The minimum absolute atomic E-state index is 0.109. The summed E-state index contributed by atoms with van der Waals surface area (Å²) in [5, 5.41) is 3.05. The number of piperidine rings is 1. The van der Waals surface area contributed by atoms with Gasteiger partial charge in [0.25, 0.3) is 0 Å². The molecule has 1 amide bonds. The summed E-state index contributed by atoms with van der Waals surface area (Å²) in [6.07, 6.45) is 8.41. The summed E-state index contributed by atoms with van der Waals surface area (Å²) in [6.45, 7) is 9.55. The number of carbonyl (C=O) groups excluding carboxylic acids is 1. The van der Waals surface area contributed by atoms with E-state index < -0.39 is 11.9 Å². The molecular weight excluding hydrogens is 613 g/mol. The summed E-state index contributed by atoms with van der Waals surface area (Å²) in [5.41, 5.74) is 3.94. The van der Waals surface area contributed by atoms with E-state index in [1.54, 1.807) is 30.3 Å². The molecule has 2 aliphatic heterocycles. The minimum atomic E-state index is -0.627. The van der Waals surface area contributed by atoms with Crippen LogP contribution in [0.15, 0.2) is 73.3 Å².